The second-order valence-corrected chi connectivity index (χ2v) is 8.48. The number of rotatable bonds is 10. The fraction of sp³-hybridized carbons (Fsp3) is 0.632. The van der Waals surface area contributed by atoms with E-state index in [-0.39, 0.29) is 16.8 Å². The molecule has 0 aromatic heterocycles. The summed E-state index contributed by atoms with van der Waals surface area (Å²) < 4.78 is 27.1. The zero-order chi connectivity index (χ0) is 19.9. The largest absolute Gasteiger partial charge is 0.325 e. The predicted molar refractivity (Wildman–Crippen MR) is 107 cm³/mol. The van der Waals surface area contributed by atoms with Crippen LogP contribution in [0.4, 0.5) is 5.69 Å². The van der Waals surface area contributed by atoms with Crippen LogP contribution in [0.25, 0.3) is 0 Å². The van der Waals surface area contributed by atoms with E-state index in [0.717, 1.165) is 19.4 Å². The van der Waals surface area contributed by atoms with Crippen molar-refractivity contribution in [2.75, 3.05) is 32.0 Å². The fourth-order valence-corrected chi connectivity index (χ4v) is 4.42. The maximum Gasteiger partial charge on any atom is 0.243 e. The molecule has 7 heteroatoms. The molecule has 0 bridgehead atoms. The maximum absolute atomic E-state index is 12.8. The van der Waals surface area contributed by atoms with Crippen LogP contribution >= 0.6 is 0 Å². The molecule has 1 aromatic rings. The summed E-state index contributed by atoms with van der Waals surface area (Å²) in [6, 6.07) is 4.75. The third-order valence-corrected chi connectivity index (χ3v) is 6.88. The first-order valence-electron chi connectivity index (χ1n) is 9.30. The van der Waals surface area contributed by atoms with Crippen LogP contribution in [-0.4, -0.2) is 56.3 Å². The lowest BCUT2D eigenvalue weighted by atomic mass is 10.2. The van der Waals surface area contributed by atoms with Crippen LogP contribution in [0.2, 0.25) is 0 Å². The van der Waals surface area contributed by atoms with Gasteiger partial charge in [-0.05, 0) is 51.6 Å². The summed E-state index contributed by atoms with van der Waals surface area (Å²) in [5.41, 5.74) is 1.17. The van der Waals surface area contributed by atoms with Crippen molar-refractivity contribution in [2.24, 2.45) is 0 Å². The molecule has 0 spiro atoms. The molecule has 0 fully saturated rings. The summed E-state index contributed by atoms with van der Waals surface area (Å²) in [6.45, 7) is 11.0. The first-order chi connectivity index (χ1) is 12.2. The lowest BCUT2D eigenvalue weighted by Gasteiger charge is -2.24. The van der Waals surface area contributed by atoms with E-state index in [1.54, 1.807) is 25.1 Å². The van der Waals surface area contributed by atoms with Gasteiger partial charge >= 0.3 is 0 Å². The third-order valence-electron chi connectivity index (χ3n) is 4.68. The molecule has 0 radical (unpaired) electrons. The number of nitrogens with one attached hydrogen (secondary N) is 1. The number of unbranched alkanes of at least 4 members (excludes halogenated alkanes) is 1. The standard InChI is InChI=1S/C19H33N3O3S/c1-7-10-13-21(6)16(5)19(23)20-17-12-11-15(4)18(14-17)26(24,25)22(8-2)9-3/h11-12,14,16H,7-10,13H2,1-6H3,(H,20,23). The van der Waals surface area contributed by atoms with Gasteiger partial charge in [-0.3, -0.25) is 9.69 Å². The van der Waals surface area contributed by atoms with Crippen LogP contribution in [0.15, 0.2) is 23.1 Å². The monoisotopic (exact) mass is 383 g/mol. The van der Waals surface area contributed by atoms with Gasteiger partial charge in [0, 0.05) is 18.8 Å². The molecule has 0 aliphatic rings. The number of aryl methyl sites for hydroxylation is 1. The van der Waals surface area contributed by atoms with E-state index in [1.807, 2.05) is 32.7 Å². The Kier molecular flexibility index (Phi) is 8.73. The molecule has 1 amide bonds. The molecular weight excluding hydrogens is 350 g/mol. The van der Waals surface area contributed by atoms with E-state index >= 15 is 0 Å². The smallest absolute Gasteiger partial charge is 0.243 e. The molecule has 0 heterocycles. The van der Waals surface area contributed by atoms with Gasteiger partial charge in [-0.15, -0.1) is 0 Å². The van der Waals surface area contributed by atoms with E-state index in [9.17, 15) is 13.2 Å². The number of amides is 1. The normalized spacial score (nSPS) is 13.2. The summed E-state index contributed by atoms with van der Waals surface area (Å²) in [6.07, 6.45) is 2.11. The third kappa shape index (κ3) is 5.53. The van der Waals surface area contributed by atoms with Crippen molar-refractivity contribution in [3.05, 3.63) is 23.8 Å². The van der Waals surface area contributed by atoms with Crippen LogP contribution in [0.3, 0.4) is 0 Å². The number of anilines is 1. The zero-order valence-corrected chi connectivity index (χ0v) is 17.7. The van der Waals surface area contributed by atoms with Crippen LogP contribution in [0, 0.1) is 6.92 Å². The van der Waals surface area contributed by atoms with Crippen molar-refractivity contribution < 1.29 is 13.2 Å². The molecule has 0 aliphatic heterocycles. The number of carbonyl (C=O) groups excluding carboxylic acids is 1. The number of sulfonamides is 1. The molecule has 1 atom stereocenters. The van der Waals surface area contributed by atoms with E-state index in [1.165, 1.54) is 4.31 Å². The second-order valence-electron chi connectivity index (χ2n) is 6.57. The molecule has 1 N–H and O–H groups in total. The Morgan fingerprint density at radius 1 is 1.19 bits per heavy atom. The summed E-state index contributed by atoms with van der Waals surface area (Å²) >= 11 is 0. The predicted octanol–water partition coefficient (Wildman–Crippen LogP) is 3.08. The Hall–Kier alpha value is -1.44. The molecule has 26 heavy (non-hydrogen) atoms. The lowest BCUT2D eigenvalue weighted by molar-refractivity contribution is -0.120. The van der Waals surface area contributed by atoms with Crippen LogP contribution in [0.1, 0.15) is 46.1 Å². The van der Waals surface area contributed by atoms with Crippen molar-refractivity contribution in [2.45, 2.75) is 58.4 Å². The van der Waals surface area contributed by atoms with E-state index in [0.29, 0.717) is 24.3 Å². The van der Waals surface area contributed by atoms with Crippen LogP contribution < -0.4 is 5.32 Å². The average molecular weight is 384 g/mol. The van der Waals surface area contributed by atoms with E-state index < -0.39 is 10.0 Å². The van der Waals surface area contributed by atoms with Gasteiger partial charge in [0.2, 0.25) is 15.9 Å². The number of hydrogen-bond acceptors (Lipinski definition) is 4. The zero-order valence-electron chi connectivity index (χ0n) is 16.9. The highest BCUT2D eigenvalue weighted by atomic mass is 32.2. The Labute approximate surface area is 158 Å². The maximum atomic E-state index is 12.8. The minimum atomic E-state index is -3.57. The first kappa shape index (κ1) is 22.6. The van der Waals surface area contributed by atoms with Gasteiger partial charge in [-0.1, -0.05) is 33.3 Å². The Bertz CT molecular complexity index is 700. The van der Waals surface area contributed by atoms with Gasteiger partial charge in [-0.25, -0.2) is 8.42 Å². The number of likely N-dealkylation sites (N-methyl/N-ethyl adjacent to an activating group) is 1. The SMILES string of the molecule is CCCCN(C)C(C)C(=O)Nc1ccc(C)c(S(=O)(=O)N(CC)CC)c1. The average Bonchev–Trinajstić information content (AvgIpc) is 2.61. The Morgan fingerprint density at radius 2 is 1.81 bits per heavy atom. The number of carbonyl (C=O) groups is 1. The van der Waals surface area contributed by atoms with Gasteiger partial charge in [0.05, 0.1) is 10.9 Å². The van der Waals surface area contributed by atoms with Crippen molar-refractivity contribution in [3.63, 3.8) is 0 Å². The quantitative estimate of drug-likeness (QED) is 0.674. The van der Waals surface area contributed by atoms with Gasteiger partial charge in [0.15, 0.2) is 0 Å². The fourth-order valence-electron chi connectivity index (χ4n) is 2.71. The molecule has 6 nitrogen and oxygen atoms in total. The van der Waals surface area contributed by atoms with Crippen molar-refractivity contribution in [3.8, 4) is 0 Å². The van der Waals surface area contributed by atoms with Gasteiger partial charge in [0.1, 0.15) is 0 Å². The molecule has 0 saturated carbocycles. The molecule has 0 aliphatic carbocycles. The van der Waals surface area contributed by atoms with E-state index in [2.05, 4.69) is 12.2 Å². The lowest BCUT2D eigenvalue weighted by Crippen LogP contribution is -2.40. The molecule has 1 unspecified atom stereocenters. The summed E-state index contributed by atoms with van der Waals surface area (Å²) in [4.78, 5) is 14.7. The molecule has 148 valence electrons. The van der Waals surface area contributed by atoms with Crippen molar-refractivity contribution in [1.82, 2.24) is 9.21 Å². The molecular formula is C19H33N3O3S. The topological polar surface area (TPSA) is 69.7 Å². The number of hydrogen-bond donors (Lipinski definition) is 1. The number of benzene rings is 1. The highest BCUT2D eigenvalue weighted by molar-refractivity contribution is 7.89. The Balaban J connectivity index is 3.02. The molecule has 1 rings (SSSR count). The van der Waals surface area contributed by atoms with Crippen LogP contribution in [-0.2, 0) is 14.8 Å². The van der Waals surface area contributed by atoms with Gasteiger partial charge in [-0.2, -0.15) is 4.31 Å². The number of nitrogens with zero attached hydrogens (tertiary/aromatic N) is 2. The second kappa shape index (κ2) is 10.0. The molecule has 0 saturated heterocycles. The van der Waals surface area contributed by atoms with Crippen molar-refractivity contribution >= 4 is 21.6 Å². The van der Waals surface area contributed by atoms with Gasteiger partial charge < -0.3 is 5.32 Å². The summed E-state index contributed by atoms with van der Waals surface area (Å²) in [5.74, 6) is -0.140. The Morgan fingerprint density at radius 3 is 2.35 bits per heavy atom. The highest BCUT2D eigenvalue weighted by Gasteiger charge is 2.24. The highest BCUT2D eigenvalue weighted by Crippen LogP contribution is 2.24. The minimum absolute atomic E-state index is 0.140. The summed E-state index contributed by atoms with van der Waals surface area (Å²) in [5, 5.41) is 2.85. The minimum Gasteiger partial charge on any atom is -0.325 e. The first-order valence-corrected chi connectivity index (χ1v) is 10.7. The van der Waals surface area contributed by atoms with E-state index in [4.69, 9.17) is 0 Å². The van der Waals surface area contributed by atoms with Crippen LogP contribution in [0.5, 0.6) is 0 Å². The summed E-state index contributed by atoms with van der Waals surface area (Å²) in [7, 11) is -1.65. The molecule has 1 aromatic carbocycles. The van der Waals surface area contributed by atoms with Crippen molar-refractivity contribution in [1.29, 1.82) is 0 Å². The van der Waals surface area contributed by atoms with Gasteiger partial charge in [0.25, 0.3) is 0 Å².